The van der Waals surface area contributed by atoms with E-state index in [4.69, 9.17) is 4.42 Å². The molecule has 1 aliphatic heterocycles. The van der Waals surface area contributed by atoms with Crippen molar-refractivity contribution in [2.24, 2.45) is 0 Å². The molecule has 4 rings (SSSR count). The summed E-state index contributed by atoms with van der Waals surface area (Å²) in [6, 6.07) is 15.0. The Bertz CT molecular complexity index is 968. The number of aromatic nitrogens is 1. The van der Waals surface area contributed by atoms with Crippen LogP contribution in [0, 0.1) is 0 Å². The third kappa shape index (κ3) is 3.83. The molecule has 0 radical (unpaired) electrons. The molecule has 7 heteroatoms. The van der Waals surface area contributed by atoms with Crippen LogP contribution in [0.2, 0.25) is 0 Å². The third-order valence-electron chi connectivity index (χ3n) is 4.56. The highest BCUT2D eigenvalue weighted by molar-refractivity contribution is 7.98. The summed E-state index contributed by atoms with van der Waals surface area (Å²) in [5.41, 5.74) is 3.09. The number of para-hydroxylation sites is 2. The van der Waals surface area contributed by atoms with E-state index in [-0.39, 0.29) is 17.9 Å². The Balaban J connectivity index is 1.45. The fraction of sp³-hybridized carbons (Fsp3) is 0.250. The normalized spacial score (nSPS) is 16.9. The van der Waals surface area contributed by atoms with Crippen LogP contribution in [0.4, 0.5) is 0 Å². The highest BCUT2D eigenvalue weighted by Crippen LogP contribution is 2.27. The zero-order chi connectivity index (χ0) is 18.8. The molecule has 1 N–H and O–H groups in total. The van der Waals surface area contributed by atoms with Crippen LogP contribution in [0.1, 0.15) is 22.3 Å². The number of nitrogens with one attached hydrogen (secondary N) is 1. The van der Waals surface area contributed by atoms with E-state index in [1.54, 1.807) is 18.0 Å². The Kier molecular flexibility index (Phi) is 4.85. The zero-order valence-corrected chi connectivity index (χ0v) is 15.7. The lowest BCUT2D eigenvalue weighted by molar-refractivity contribution is -0.126. The van der Waals surface area contributed by atoms with Gasteiger partial charge in [0, 0.05) is 31.3 Å². The van der Waals surface area contributed by atoms with Crippen LogP contribution in [0.3, 0.4) is 0 Å². The minimum absolute atomic E-state index is 0.0556. The first-order valence-electron chi connectivity index (χ1n) is 8.71. The van der Waals surface area contributed by atoms with Crippen LogP contribution >= 0.6 is 11.8 Å². The first-order valence-corrected chi connectivity index (χ1v) is 9.70. The molecule has 0 spiro atoms. The summed E-state index contributed by atoms with van der Waals surface area (Å²) in [6.07, 6.45) is 0.349. The number of hydrogen-bond donors (Lipinski definition) is 1. The summed E-state index contributed by atoms with van der Waals surface area (Å²) in [5, 5.41) is 3.54. The number of amides is 2. The van der Waals surface area contributed by atoms with Gasteiger partial charge in [0.25, 0.3) is 11.1 Å². The van der Waals surface area contributed by atoms with Crippen molar-refractivity contribution in [3.63, 3.8) is 0 Å². The second kappa shape index (κ2) is 7.44. The number of carbonyl (C=O) groups excluding carboxylic acids is 2. The van der Waals surface area contributed by atoms with Gasteiger partial charge in [-0.1, -0.05) is 42.1 Å². The fourth-order valence-corrected chi connectivity index (χ4v) is 3.99. The van der Waals surface area contributed by atoms with Crippen molar-refractivity contribution in [2.75, 3.05) is 13.6 Å². The largest absolute Gasteiger partial charge is 0.431 e. The molecule has 1 unspecified atom stereocenters. The zero-order valence-electron chi connectivity index (χ0n) is 14.8. The molecule has 2 heterocycles. The summed E-state index contributed by atoms with van der Waals surface area (Å²) in [7, 11) is 1.75. The molecule has 6 nitrogen and oxygen atoms in total. The Morgan fingerprint density at radius 2 is 2.04 bits per heavy atom. The van der Waals surface area contributed by atoms with Gasteiger partial charge in [0.15, 0.2) is 5.58 Å². The predicted octanol–water partition coefficient (Wildman–Crippen LogP) is 3.08. The van der Waals surface area contributed by atoms with E-state index < -0.39 is 0 Å². The summed E-state index contributed by atoms with van der Waals surface area (Å²) in [6.45, 7) is 0.546. The van der Waals surface area contributed by atoms with Crippen LogP contribution in [0.15, 0.2) is 58.2 Å². The second-order valence-corrected chi connectivity index (χ2v) is 7.47. The van der Waals surface area contributed by atoms with Gasteiger partial charge in [0.05, 0.1) is 6.04 Å². The predicted molar refractivity (Wildman–Crippen MR) is 104 cm³/mol. The number of nitrogens with zero attached hydrogens (tertiary/aromatic N) is 2. The first-order chi connectivity index (χ1) is 13.1. The maximum Gasteiger partial charge on any atom is 0.257 e. The maximum atomic E-state index is 12.7. The molecule has 27 heavy (non-hydrogen) atoms. The SMILES string of the molecule is CN1CC(NC(=O)c2ccccc2CSc2nc3ccccc3o2)CC1=O. The number of oxazole rings is 1. The summed E-state index contributed by atoms with van der Waals surface area (Å²) in [4.78, 5) is 30.4. The van der Waals surface area contributed by atoms with Gasteiger partial charge >= 0.3 is 0 Å². The highest BCUT2D eigenvalue weighted by atomic mass is 32.2. The molecule has 0 bridgehead atoms. The maximum absolute atomic E-state index is 12.7. The van der Waals surface area contributed by atoms with Gasteiger partial charge in [-0.05, 0) is 23.8 Å². The minimum Gasteiger partial charge on any atom is -0.431 e. The molecule has 0 aliphatic carbocycles. The van der Waals surface area contributed by atoms with Crippen molar-refractivity contribution in [1.29, 1.82) is 0 Å². The quantitative estimate of drug-likeness (QED) is 0.688. The smallest absolute Gasteiger partial charge is 0.257 e. The minimum atomic E-state index is -0.156. The Morgan fingerprint density at radius 3 is 2.81 bits per heavy atom. The van der Waals surface area contributed by atoms with E-state index >= 15 is 0 Å². The Labute approximate surface area is 160 Å². The second-order valence-electron chi connectivity index (χ2n) is 6.54. The van der Waals surface area contributed by atoms with E-state index in [1.807, 2.05) is 42.5 Å². The fourth-order valence-electron chi connectivity index (χ4n) is 3.14. The average Bonchev–Trinajstić information content (AvgIpc) is 3.22. The number of benzene rings is 2. The molecule has 1 atom stereocenters. The van der Waals surface area contributed by atoms with Gasteiger partial charge in [-0.2, -0.15) is 0 Å². The molecule has 1 aliphatic rings. The molecule has 1 fully saturated rings. The van der Waals surface area contributed by atoms with Crippen molar-refractivity contribution >= 4 is 34.7 Å². The van der Waals surface area contributed by atoms with E-state index in [9.17, 15) is 9.59 Å². The third-order valence-corrected chi connectivity index (χ3v) is 5.44. The molecule has 138 valence electrons. The van der Waals surface area contributed by atoms with Gasteiger partial charge in [-0.25, -0.2) is 4.98 Å². The number of fused-ring (bicyclic) bond motifs is 1. The number of carbonyl (C=O) groups is 2. The standard InChI is InChI=1S/C20H19N3O3S/c1-23-11-14(10-18(23)24)21-19(25)15-7-3-2-6-13(15)12-27-20-22-16-8-4-5-9-17(16)26-20/h2-9,14H,10-12H2,1H3,(H,21,25). The van der Waals surface area contributed by atoms with Crippen molar-refractivity contribution in [3.8, 4) is 0 Å². The number of thioether (sulfide) groups is 1. The molecule has 0 saturated carbocycles. The molecular formula is C20H19N3O3S. The van der Waals surface area contributed by atoms with Gasteiger partial charge in [-0.15, -0.1) is 0 Å². The summed E-state index contributed by atoms with van der Waals surface area (Å²) < 4.78 is 5.73. The topological polar surface area (TPSA) is 75.4 Å². The van der Waals surface area contributed by atoms with Crippen LogP contribution in [0.5, 0.6) is 0 Å². The van der Waals surface area contributed by atoms with Gasteiger partial charge < -0.3 is 14.6 Å². The lowest BCUT2D eigenvalue weighted by Crippen LogP contribution is -2.36. The molecule has 2 amide bonds. The highest BCUT2D eigenvalue weighted by Gasteiger charge is 2.28. The average molecular weight is 381 g/mol. The number of rotatable bonds is 5. The summed E-state index contributed by atoms with van der Waals surface area (Å²) >= 11 is 1.45. The van der Waals surface area contributed by atoms with Crippen LogP contribution < -0.4 is 5.32 Å². The van der Waals surface area contributed by atoms with Gasteiger partial charge in [0.2, 0.25) is 5.91 Å². The van der Waals surface area contributed by atoms with Gasteiger partial charge in [0.1, 0.15) is 5.52 Å². The Hall–Kier alpha value is -2.80. The van der Waals surface area contributed by atoms with Crippen LogP contribution in [-0.2, 0) is 10.5 Å². The van der Waals surface area contributed by atoms with Crippen molar-refractivity contribution < 1.29 is 14.0 Å². The molecule has 1 saturated heterocycles. The van der Waals surface area contributed by atoms with Gasteiger partial charge in [-0.3, -0.25) is 9.59 Å². The summed E-state index contributed by atoms with van der Waals surface area (Å²) in [5.74, 6) is 0.469. The molecule has 1 aromatic heterocycles. The molecule has 3 aromatic rings. The molecule has 2 aromatic carbocycles. The number of likely N-dealkylation sites (tertiary alicyclic amines) is 1. The van der Waals surface area contributed by atoms with E-state index in [0.29, 0.717) is 29.5 Å². The first kappa shape index (κ1) is 17.6. The number of hydrogen-bond acceptors (Lipinski definition) is 5. The van der Waals surface area contributed by atoms with Crippen LogP contribution in [-0.4, -0.2) is 41.3 Å². The number of likely N-dealkylation sites (N-methyl/N-ethyl adjacent to an activating group) is 1. The Morgan fingerprint density at radius 1 is 1.26 bits per heavy atom. The van der Waals surface area contributed by atoms with E-state index in [1.165, 1.54) is 11.8 Å². The lowest BCUT2D eigenvalue weighted by Gasteiger charge is -2.14. The lowest BCUT2D eigenvalue weighted by atomic mass is 10.1. The van der Waals surface area contributed by atoms with Crippen LogP contribution in [0.25, 0.3) is 11.1 Å². The van der Waals surface area contributed by atoms with Crippen molar-refractivity contribution in [1.82, 2.24) is 15.2 Å². The van der Waals surface area contributed by atoms with E-state index in [2.05, 4.69) is 10.3 Å². The molecular weight excluding hydrogens is 362 g/mol. The van der Waals surface area contributed by atoms with Crippen molar-refractivity contribution in [2.45, 2.75) is 23.4 Å². The van der Waals surface area contributed by atoms with Crippen molar-refractivity contribution in [3.05, 3.63) is 59.7 Å². The monoisotopic (exact) mass is 381 g/mol. The van der Waals surface area contributed by atoms with E-state index in [0.717, 1.165) is 16.7 Å².